The van der Waals surface area contributed by atoms with Crippen molar-refractivity contribution < 1.29 is 13.2 Å². The third kappa shape index (κ3) is 4.52. The van der Waals surface area contributed by atoms with Crippen LogP contribution in [0.1, 0.15) is 42.6 Å². The van der Waals surface area contributed by atoms with Crippen molar-refractivity contribution in [3.8, 4) is 11.1 Å². The molecule has 4 nitrogen and oxygen atoms in total. The fraction of sp³-hybridized carbons (Fsp3) is 0.316. The van der Waals surface area contributed by atoms with Crippen LogP contribution in [0.25, 0.3) is 11.1 Å². The third-order valence-corrected chi connectivity index (χ3v) is 5.88. The second-order valence-electron chi connectivity index (χ2n) is 6.21. The number of hydrogen-bond acceptors (Lipinski definition) is 3. The van der Waals surface area contributed by atoms with Gasteiger partial charge in [-0.3, -0.25) is 4.79 Å². The molecule has 0 saturated heterocycles. The van der Waals surface area contributed by atoms with Gasteiger partial charge in [0.15, 0.2) is 0 Å². The van der Waals surface area contributed by atoms with Crippen molar-refractivity contribution in [2.45, 2.75) is 31.9 Å². The molecule has 2 rings (SSSR count). The fourth-order valence-electron chi connectivity index (χ4n) is 2.28. The normalized spacial score (nSPS) is 13.0. The van der Waals surface area contributed by atoms with Crippen molar-refractivity contribution in [3.63, 3.8) is 0 Å². The Bertz CT molecular complexity index is 778. The first-order chi connectivity index (χ1) is 11.3. The lowest BCUT2D eigenvalue weighted by atomic mass is 9.97. The zero-order valence-corrected chi connectivity index (χ0v) is 15.0. The summed E-state index contributed by atoms with van der Waals surface area (Å²) in [6.07, 6.45) is 0.826. The van der Waals surface area contributed by atoms with Crippen molar-refractivity contribution in [3.05, 3.63) is 59.7 Å². The second-order valence-corrected chi connectivity index (χ2v) is 8.53. The highest BCUT2D eigenvalue weighted by Crippen LogP contribution is 2.23. The summed E-state index contributed by atoms with van der Waals surface area (Å²) in [7, 11) is -3.24. The highest BCUT2D eigenvalue weighted by atomic mass is 32.2. The molecule has 24 heavy (non-hydrogen) atoms. The molecule has 0 aliphatic rings. The molecule has 2 aromatic rings. The minimum atomic E-state index is -3.24. The number of carbonyl (C=O) groups excluding carboxylic acids is 1. The predicted octanol–water partition coefficient (Wildman–Crippen LogP) is 3.60. The average Bonchev–Trinajstić information content (AvgIpc) is 2.60. The van der Waals surface area contributed by atoms with Gasteiger partial charge < -0.3 is 0 Å². The smallest absolute Gasteiger partial charge is 0.213 e. The molecule has 128 valence electrons. The van der Waals surface area contributed by atoms with Crippen molar-refractivity contribution >= 4 is 16.3 Å². The fourth-order valence-corrected chi connectivity index (χ4v) is 3.10. The lowest BCUT2D eigenvalue weighted by Crippen LogP contribution is -2.33. The highest BCUT2D eigenvalue weighted by Gasteiger charge is 2.17. The second kappa shape index (κ2) is 7.73. The summed E-state index contributed by atoms with van der Waals surface area (Å²) >= 11 is 0. The van der Waals surface area contributed by atoms with Gasteiger partial charge >= 0.3 is 0 Å². The summed E-state index contributed by atoms with van der Waals surface area (Å²) in [6, 6.07) is 15.5. The van der Waals surface area contributed by atoms with Gasteiger partial charge in [0.25, 0.3) is 0 Å². The van der Waals surface area contributed by atoms with Gasteiger partial charge in [0.2, 0.25) is 10.0 Å². The average molecular weight is 345 g/mol. The van der Waals surface area contributed by atoms with Gasteiger partial charge in [-0.05, 0) is 36.5 Å². The summed E-state index contributed by atoms with van der Waals surface area (Å²) in [6.45, 7) is 5.71. The van der Waals surface area contributed by atoms with Crippen LogP contribution in [0.4, 0.5) is 0 Å². The van der Waals surface area contributed by atoms with E-state index in [0.29, 0.717) is 12.1 Å². The lowest BCUT2D eigenvalue weighted by molar-refractivity contribution is 0.112. The molecule has 2 aromatic carbocycles. The molecule has 0 aromatic heterocycles. The van der Waals surface area contributed by atoms with Gasteiger partial charge in [-0.1, -0.05) is 55.5 Å². The van der Waals surface area contributed by atoms with Gasteiger partial charge in [-0.15, -0.1) is 0 Å². The Morgan fingerprint density at radius 2 is 1.42 bits per heavy atom. The molecule has 0 aliphatic carbocycles. The summed E-state index contributed by atoms with van der Waals surface area (Å²) in [5, 5.41) is -0.429. The van der Waals surface area contributed by atoms with E-state index in [2.05, 4.69) is 4.72 Å². The first-order valence-electron chi connectivity index (χ1n) is 7.97. The molecule has 0 aliphatic heterocycles. The topological polar surface area (TPSA) is 63.2 Å². The molecule has 0 unspecified atom stereocenters. The number of nitrogens with one attached hydrogen (secondary N) is 1. The number of hydrogen-bond donors (Lipinski definition) is 1. The van der Waals surface area contributed by atoms with Crippen LogP contribution in [0.3, 0.4) is 0 Å². The maximum Gasteiger partial charge on any atom is 0.213 e. The lowest BCUT2D eigenvalue weighted by Gasteiger charge is -2.15. The minimum absolute atomic E-state index is 0.0880. The quantitative estimate of drug-likeness (QED) is 0.780. The van der Waals surface area contributed by atoms with E-state index in [1.165, 1.54) is 0 Å². The molecule has 0 spiro atoms. The number of rotatable bonds is 7. The minimum Gasteiger partial charge on any atom is -0.298 e. The maximum atomic E-state index is 11.8. The standard InChI is InChI=1S/C19H23NO3S/c1-14(2)24(22,23)20-12-15(3)17-8-10-19(11-9-17)18-6-4-16(13-21)5-7-18/h4-11,13-15,20H,12H2,1-3H3/t15-/m1/s1. The van der Waals surface area contributed by atoms with Gasteiger partial charge in [0.1, 0.15) is 6.29 Å². The molecule has 0 heterocycles. The Labute approximate surface area is 144 Å². The van der Waals surface area contributed by atoms with Crippen LogP contribution in [-0.2, 0) is 10.0 Å². The first-order valence-corrected chi connectivity index (χ1v) is 9.52. The first kappa shape index (κ1) is 18.4. The molecule has 0 saturated carbocycles. The van der Waals surface area contributed by atoms with E-state index in [1.807, 2.05) is 43.3 Å². The zero-order chi connectivity index (χ0) is 17.7. The van der Waals surface area contributed by atoms with E-state index in [4.69, 9.17) is 0 Å². The summed E-state index contributed by atoms with van der Waals surface area (Å²) < 4.78 is 26.3. The van der Waals surface area contributed by atoms with Crippen LogP contribution in [0.5, 0.6) is 0 Å². The summed E-state index contributed by atoms with van der Waals surface area (Å²) in [5.74, 6) is 0.0880. The van der Waals surface area contributed by atoms with E-state index in [0.717, 1.165) is 23.0 Å². The molecular weight excluding hydrogens is 322 g/mol. The van der Waals surface area contributed by atoms with E-state index in [9.17, 15) is 13.2 Å². The van der Waals surface area contributed by atoms with E-state index in [1.54, 1.807) is 26.0 Å². The molecule has 1 atom stereocenters. The number of sulfonamides is 1. The van der Waals surface area contributed by atoms with Gasteiger partial charge in [-0.25, -0.2) is 13.1 Å². The van der Waals surface area contributed by atoms with Crippen LogP contribution < -0.4 is 4.72 Å². The maximum absolute atomic E-state index is 11.8. The molecule has 5 heteroatoms. The Hall–Kier alpha value is -1.98. The Morgan fingerprint density at radius 3 is 1.88 bits per heavy atom. The van der Waals surface area contributed by atoms with Crippen LogP contribution in [0.15, 0.2) is 48.5 Å². The van der Waals surface area contributed by atoms with Crippen molar-refractivity contribution in [2.24, 2.45) is 0 Å². The van der Waals surface area contributed by atoms with Crippen molar-refractivity contribution in [1.82, 2.24) is 4.72 Å². The number of carbonyl (C=O) groups is 1. The Morgan fingerprint density at radius 1 is 0.917 bits per heavy atom. The number of aldehydes is 1. The van der Waals surface area contributed by atoms with Crippen LogP contribution >= 0.6 is 0 Å². The van der Waals surface area contributed by atoms with Crippen molar-refractivity contribution in [2.75, 3.05) is 6.54 Å². The molecule has 0 bridgehead atoms. The monoisotopic (exact) mass is 345 g/mol. The summed E-state index contributed by atoms with van der Waals surface area (Å²) in [4.78, 5) is 10.7. The van der Waals surface area contributed by atoms with Crippen LogP contribution in [-0.4, -0.2) is 26.5 Å². The summed E-state index contributed by atoms with van der Waals surface area (Å²) in [5.41, 5.74) is 3.84. The predicted molar refractivity (Wildman–Crippen MR) is 97.7 cm³/mol. The van der Waals surface area contributed by atoms with E-state index >= 15 is 0 Å². The molecular formula is C19H23NO3S. The zero-order valence-electron chi connectivity index (χ0n) is 14.2. The molecule has 1 N–H and O–H groups in total. The third-order valence-electron chi connectivity index (χ3n) is 4.07. The van der Waals surface area contributed by atoms with Gasteiger partial charge in [0.05, 0.1) is 5.25 Å². The van der Waals surface area contributed by atoms with Crippen LogP contribution in [0.2, 0.25) is 0 Å². The van der Waals surface area contributed by atoms with Gasteiger partial charge in [-0.2, -0.15) is 0 Å². The Balaban J connectivity index is 2.06. The Kier molecular flexibility index (Phi) is 5.91. The molecule has 0 amide bonds. The highest BCUT2D eigenvalue weighted by molar-refractivity contribution is 7.90. The largest absolute Gasteiger partial charge is 0.298 e. The molecule has 0 radical (unpaired) electrons. The van der Waals surface area contributed by atoms with E-state index in [-0.39, 0.29) is 5.92 Å². The number of benzene rings is 2. The van der Waals surface area contributed by atoms with E-state index < -0.39 is 15.3 Å². The van der Waals surface area contributed by atoms with Crippen LogP contribution in [0, 0.1) is 0 Å². The van der Waals surface area contributed by atoms with Gasteiger partial charge in [0, 0.05) is 12.1 Å². The molecule has 0 fully saturated rings. The SMILES string of the molecule is CC(C)S(=O)(=O)NC[C@@H](C)c1ccc(-c2ccc(C=O)cc2)cc1. The van der Waals surface area contributed by atoms with Crippen molar-refractivity contribution in [1.29, 1.82) is 0 Å².